The molecule has 0 aromatic carbocycles. The second kappa shape index (κ2) is 9.15. The Kier molecular flexibility index (Phi) is 8.65. The van der Waals surface area contributed by atoms with Crippen LogP contribution in [0.1, 0.15) is 0 Å². The van der Waals surface area contributed by atoms with Crippen molar-refractivity contribution in [3.05, 3.63) is 0 Å². The molecule has 0 atom stereocenters. The van der Waals surface area contributed by atoms with Gasteiger partial charge in [-0.15, -0.1) is 12.6 Å². The normalized spacial score (nSPS) is 10.6. The van der Waals surface area contributed by atoms with Crippen LogP contribution < -0.4 is 5.32 Å². The molecule has 98 valence electrons. The second-order valence-corrected chi connectivity index (χ2v) is 4.21. The van der Waals surface area contributed by atoms with E-state index in [1.807, 2.05) is 4.90 Å². The van der Waals surface area contributed by atoms with Crippen molar-refractivity contribution in [3.8, 4) is 0 Å². The lowest BCUT2D eigenvalue weighted by Gasteiger charge is -2.22. The van der Waals surface area contributed by atoms with Crippen LogP contribution in [0.2, 0.25) is 0 Å². The average Bonchev–Trinajstić information content (AvgIpc) is 2.25. The number of rotatable bonds is 9. The molecule has 0 saturated heterocycles. The van der Waals surface area contributed by atoms with Crippen LogP contribution in [0.5, 0.6) is 0 Å². The first-order valence-corrected chi connectivity index (χ1v) is 5.71. The van der Waals surface area contributed by atoms with Gasteiger partial charge in [-0.05, 0) is 7.05 Å². The van der Waals surface area contributed by atoms with Crippen LogP contribution >= 0.6 is 12.6 Å². The molecule has 7 heteroatoms. The van der Waals surface area contributed by atoms with Crippen LogP contribution in [0, 0.1) is 0 Å². The topological polar surface area (TPSA) is 69.7 Å². The van der Waals surface area contributed by atoms with E-state index < -0.39 is 0 Å². The van der Waals surface area contributed by atoms with E-state index in [1.165, 1.54) is 0 Å². The summed E-state index contributed by atoms with van der Waals surface area (Å²) in [5.74, 6) is -0.0697. The fourth-order valence-electron chi connectivity index (χ4n) is 1.25. The van der Waals surface area contributed by atoms with Gasteiger partial charge in [-0.2, -0.15) is 0 Å². The summed E-state index contributed by atoms with van der Waals surface area (Å²) in [6, 6.07) is 0. The Hall–Kier alpha value is -0.920. The van der Waals surface area contributed by atoms with Gasteiger partial charge < -0.3 is 10.1 Å². The zero-order valence-electron chi connectivity index (χ0n) is 10.2. The molecule has 1 N–H and O–H groups in total. The van der Waals surface area contributed by atoms with E-state index in [4.69, 9.17) is 0 Å². The highest BCUT2D eigenvalue weighted by atomic mass is 32.1. The fraction of sp³-hybridized carbons (Fsp3) is 0.700. The number of nitrogens with zero attached hydrogens (tertiary/aromatic N) is 2. The molecule has 0 radical (unpaired) electrons. The summed E-state index contributed by atoms with van der Waals surface area (Å²) >= 11 is 3.67. The first-order valence-electron chi connectivity index (χ1n) is 5.26. The zero-order valence-corrected chi connectivity index (χ0v) is 11.1. The van der Waals surface area contributed by atoms with Crippen molar-refractivity contribution in [2.24, 2.45) is 0 Å². The predicted octanol–water partition coefficient (Wildman–Crippen LogP) is -1.38. The highest BCUT2D eigenvalue weighted by Crippen LogP contribution is 1.92. The highest BCUT2D eigenvalue weighted by molar-refractivity contribution is 7.96. The maximum atomic E-state index is 11.1. The summed E-state index contributed by atoms with van der Waals surface area (Å²) in [6.45, 7) is 1.76. The molecule has 0 fully saturated rings. The van der Waals surface area contributed by atoms with Gasteiger partial charge in [0, 0.05) is 20.1 Å². The molecule has 0 aromatic heterocycles. The molecular formula is C10H19N3O3S. The molecule has 0 aliphatic heterocycles. The number of thiol groups is 1. The van der Waals surface area contributed by atoms with Gasteiger partial charge in [0.25, 0.3) is 0 Å². The third-order valence-corrected chi connectivity index (χ3v) is 2.32. The molecule has 0 heterocycles. The molecule has 0 bridgehead atoms. The first kappa shape index (κ1) is 16.1. The Morgan fingerprint density at radius 2 is 1.94 bits per heavy atom. The van der Waals surface area contributed by atoms with E-state index in [-0.39, 0.29) is 24.1 Å². The van der Waals surface area contributed by atoms with Crippen LogP contribution in [0.3, 0.4) is 0 Å². The van der Waals surface area contributed by atoms with E-state index in [0.29, 0.717) is 19.6 Å². The predicted molar refractivity (Wildman–Crippen MR) is 68.1 cm³/mol. The van der Waals surface area contributed by atoms with E-state index in [0.717, 1.165) is 6.29 Å². The summed E-state index contributed by atoms with van der Waals surface area (Å²) in [6.07, 6.45) is 0.746. The molecule has 0 saturated carbocycles. The Labute approximate surface area is 107 Å². The first-order chi connectivity index (χ1) is 7.99. The van der Waals surface area contributed by atoms with Gasteiger partial charge in [0.05, 0.1) is 19.6 Å². The van der Waals surface area contributed by atoms with E-state index in [2.05, 4.69) is 17.9 Å². The minimum Gasteiger partial charge on any atom is -0.358 e. The molecule has 0 unspecified atom stereocenters. The average molecular weight is 261 g/mol. The number of carbonyl (C=O) groups excluding carboxylic acids is 3. The van der Waals surface area contributed by atoms with Crippen molar-refractivity contribution in [3.63, 3.8) is 0 Å². The van der Waals surface area contributed by atoms with Gasteiger partial charge in [-0.25, -0.2) is 0 Å². The van der Waals surface area contributed by atoms with Crippen molar-refractivity contribution in [1.82, 2.24) is 15.1 Å². The molecule has 0 rings (SSSR count). The summed E-state index contributed by atoms with van der Waals surface area (Å²) in [5.41, 5.74) is 0. The Morgan fingerprint density at radius 3 is 2.41 bits per heavy atom. The van der Waals surface area contributed by atoms with E-state index >= 15 is 0 Å². The zero-order chi connectivity index (χ0) is 13.3. The third-order valence-electron chi connectivity index (χ3n) is 2.18. The smallest absolute Gasteiger partial charge is 0.233 e. The van der Waals surface area contributed by atoms with Crippen molar-refractivity contribution >= 4 is 29.9 Å². The van der Waals surface area contributed by atoms with Crippen LogP contribution in [-0.4, -0.2) is 73.9 Å². The standard InChI is InChI=1S/C10H19N3O3S/c1-11-9(15)7-12(2)3-4-13(5-6-14)8-10(16)17/h6H,3-5,7-8H2,1-2H3,(H,11,15)(H,16,17). The molecule has 0 aromatic rings. The van der Waals surface area contributed by atoms with Crippen molar-refractivity contribution in [1.29, 1.82) is 0 Å². The lowest BCUT2D eigenvalue weighted by atomic mass is 10.4. The van der Waals surface area contributed by atoms with Crippen LogP contribution in [0.15, 0.2) is 0 Å². The number of hydrogen-bond donors (Lipinski definition) is 2. The lowest BCUT2D eigenvalue weighted by Crippen LogP contribution is -2.40. The van der Waals surface area contributed by atoms with Crippen molar-refractivity contribution in [2.45, 2.75) is 0 Å². The SMILES string of the molecule is CNC(=O)CN(C)CCN(CC=O)CC(=O)S. The van der Waals surface area contributed by atoms with E-state index in [9.17, 15) is 14.4 Å². The number of carbonyl (C=O) groups is 3. The molecule has 0 spiro atoms. The lowest BCUT2D eigenvalue weighted by molar-refractivity contribution is -0.121. The number of aldehydes is 1. The van der Waals surface area contributed by atoms with E-state index in [1.54, 1.807) is 19.0 Å². The fourth-order valence-corrected chi connectivity index (χ4v) is 1.45. The third kappa shape index (κ3) is 8.84. The Balaban J connectivity index is 3.97. The summed E-state index contributed by atoms with van der Waals surface area (Å²) < 4.78 is 0. The molecule has 0 aliphatic rings. The summed E-state index contributed by atoms with van der Waals surface area (Å²) in [5, 5.41) is 2.25. The highest BCUT2D eigenvalue weighted by Gasteiger charge is 2.10. The van der Waals surface area contributed by atoms with Crippen molar-refractivity contribution < 1.29 is 14.4 Å². The maximum absolute atomic E-state index is 11.1. The summed E-state index contributed by atoms with van der Waals surface area (Å²) in [7, 11) is 3.38. The number of amides is 1. The van der Waals surface area contributed by atoms with Gasteiger partial charge >= 0.3 is 0 Å². The Bertz CT molecular complexity index is 274. The molecule has 0 aliphatic carbocycles. The number of hydrogen-bond acceptors (Lipinski definition) is 5. The van der Waals surface area contributed by atoms with Gasteiger partial charge in [0.1, 0.15) is 6.29 Å². The molecule has 1 amide bonds. The maximum Gasteiger partial charge on any atom is 0.233 e. The minimum atomic E-state index is -0.277. The molecule has 6 nitrogen and oxygen atoms in total. The largest absolute Gasteiger partial charge is 0.358 e. The van der Waals surface area contributed by atoms with Gasteiger partial charge in [-0.3, -0.25) is 19.4 Å². The molecular weight excluding hydrogens is 242 g/mol. The number of nitrogens with one attached hydrogen (secondary N) is 1. The van der Waals surface area contributed by atoms with Crippen LogP contribution in [0.4, 0.5) is 0 Å². The number of likely N-dealkylation sites (N-methyl/N-ethyl adjacent to an activating group) is 2. The van der Waals surface area contributed by atoms with Gasteiger partial charge in [0.2, 0.25) is 5.91 Å². The minimum absolute atomic E-state index is 0.0697. The van der Waals surface area contributed by atoms with Gasteiger partial charge in [-0.1, -0.05) is 0 Å². The Morgan fingerprint density at radius 1 is 1.29 bits per heavy atom. The summed E-state index contributed by atoms with van der Waals surface area (Å²) in [4.78, 5) is 35.8. The molecule has 17 heavy (non-hydrogen) atoms. The second-order valence-electron chi connectivity index (χ2n) is 3.71. The van der Waals surface area contributed by atoms with Crippen LogP contribution in [-0.2, 0) is 14.4 Å². The van der Waals surface area contributed by atoms with Crippen LogP contribution in [0.25, 0.3) is 0 Å². The van der Waals surface area contributed by atoms with Crippen molar-refractivity contribution in [2.75, 3.05) is 46.8 Å². The van der Waals surface area contributed by atoms with Gasteiger partial charge in [0.15, 0.2) is 5.12 Å². The monoisotopic (exact) mass is 261 g/mol. The quantitative estimate of drug-likeness (QED) is 0.395.